The molecule has 0 spiro atoms. The molecule has 0 bridgehead atoms. The van der Waals surface area contributed by atoms with Crippen molar-refractivity contribution in [3.05, 3.63) is 72.3 Å². The van der Waals surface area contributed by atoms with Crippen LogP contribution in [0, 0.1) is 17.1 Å². The third-order valence-corrected chi connectivity index (χ3v) is 4.24. The van der Waals surface area contributed by atoms with Crippen molar-refractivity contribution in [2.45, 2.75) is 0 Å². The van der Waals surface area contributed by atoms with Gasteiger partial charge in [0.05, 0.1) is 11.6 Å². The molecule has 1 N–H and O–H groups in total. The Morgan fingerprint density at radius 3 is 2.59 bits per heavy atom. The van der Waals surface area contributed by atoms with E-state index in [2.05, 4.69) is 26.3 Å². The number of rotatable bonds is 3. The standard InChI is InChI=1S/C21H14FN5/c1-24-21-17-9-16(14-5-2-4-13(8-14)11-23)10-18(22)19(17)26-20(27-21)15-6-3-7-25-12-15/h2-10,12H,1H3,(H,24,26,27). The second-order valence-electron chi connectivity index (χ2n) is 5.93. The van der Waals surface area contributed by atoms with Gasteiger partial charge in [0, 0.05) is 30.4 Å². The lowest BCUT2D eigenvalue weighted by Crippen LogP contribution is -2.01. The van der Waals surface area contributed by atoms with Gasteiger partial charge in [-0.1, -0.05) is 12.1 Å². The largest absolute Gasteiger partial charge is 0.373 e. The number of hydrogen-bond acceptors (Lipinski definition) is 5. The minimum Gasteiger partial charge on any atom is -0.373 e. The number of nitrogens with zero attached hydrogens (tertiary/aromatic N) is 4. The van der Waals surface area contributed by atoms with E-state index in [9.17, 15) is 4.39 Å². The van der Waals surface area contributed by atoms with Gasteiger partial charge in [-0.05, 0) is 47.5 Å². The summed E-state index contributed by atoms with van der Waals surface area (Å²) in [5, 5.41) is 12.7. The first-order valence-corrected chi connectivity index (χ1v) is 8.29. The number of pyridine rings is 1. The van der Waals surface area contributed by atoms with Gasteiger partial charge in [-0.15, -0.1) is 0 Å². The second kappa shape index (κ2) is 6.81. The number of fused-ring (bicyclic) bond motifs is 1. The fourth-order valence-electron chi connectivity index (χ4n) is 2.94. The van der Waals surface area contributed by atoms with Crippen molar-refractivity contribution in [1.29, 1.82) is 5.26 Å². The molecule has 6 heteroatoms. The first kappa shape index (κ1) is 16.6. The van der Waals surface area contributed by atoms with Crippen molar-refractivity contribution in [1.82, 2.24) is 15.0 Å². The lowest BCUT2D eigenvalue weighted by molar-refractivity contribution is 0.637. The quantitative estimate of drug-likeness (QED) is 0.589. The molecule has 0 unspecified atom stereocenters. The Bertz CT molecular complexity index is 1180. The SMILES string of the molecule is CNc1nc(-c2cccnc2)nc2c(F)cc(-c3cccc(C#N)c3)cc12. The van der Waals surface area contributed by atoms with Crippen LogP contribution in [-0.2, 0) is 0 Å². The smallest absolute Gasteiger partial charge is 0.163 e. The highest BCUT2D eigenvalue weighted by molar-refractivity contribution is 5.94. The predicted molar refractivity (Wildman–Crippen MR) is 102 cm³/mol. The molecular weight excluding hydrogens is 341 g/mol. The van der Waals surface area contributed by atoms with Crippen LogP contribution in [0.4, 0.5) is 10.2 Å². The molecule has 0 aliphatic heterocycles. The van der Waals surface area contributed by atoms with Crippen molar-refractivity contribution < 1.29 is 4.39 Å². The Labute approximate surface area is 155 Å². The molecule has 2 aromatic heterocycles. The number of aromatic nitrogens is 3. The average Bonchev–Trinajstić information content (AvgIpc) is 2.73. The van der Waals surface area contributed by atoms with E-state index in [1.165, 1.54) is 6.07 Å². The number of nitrogens with one attached hydrogen (secondary N) is 1. The van der Waals surface area contributed by atoms with Gasteiger partial charge in [0.15, 0.2) is 5.82 Å². The van der Waals surface area contributed by atoms with Crippen molar-refractivity contribution in [2.75, 3.05) is 12.4 Å². The summed E-state index contributed by atoms with van der Waals surface area (Å²) in [6.45, 7) is 0. The molecule has 0 atom stereocenters. The summed E-state index contributed by atoms with van der Waals surface area (Å²) < 4.78 is 14.9. The highest BCUT2D eigenvalue weighted by Crippen LogP contribution is 2.31. The highest BCUT2D eigenvalue weighted by atomic mass is 19.1. The Morgan fingerprint density at radius 1 is 1.00 bits per heavy atom. The van der Waals surface area contributed by atoms with Crippen LogP contribution in [0.25, 0.3) is 33.4 Å². The molecule has 130 valence electrons. The fourth-order valence-corrected chi connectivity index (χ4v) is 2.94. The zero-order chi connectivity index (χ0) is 18.8. The number of benzene rings is 2. The number of halogens is 1. The summed E-state index contributed by atoms with van der Waals surface area (Å²) in [7, 11) is 1.73. The van der Waals surface area contributed by atoms with Gasteiger partial charge in [0.1, 0.15) is 17.2 Å². The molecule has 4 aromatic rings. The first-order chi connectivity index (χ1) is 13.2. The summed E-state index contributed by atoms with van der Waals surface area (Å²) in [6.07, 6.45) is 3.30. The summed E-state index contributed by atoms with van der Waals surface area (Å²) >= 11 is 0. The van der Waals surface area contributed by atoms with Gasteiger partial charge in [0.2, 0.25) is 0 Å². The molecule has 0 saturated heterocycles. The monoisotopic (exact) mass is 355 g/mol. The van der Waals surface area contributed by atoms with Crippen molar-refractivity contribution in [3.8, 4) is 28.6 Å². The zero-order valence-electron chi connectivity index (χ0n) is 14.4. The van der Waals surface area contributed by atoms with Gasteiger partial charge < -0.3 is 5.32 Å². The average molecular weight is 355 g/mol. The molecular formula is C21H14FN5. The Kier molecular flexibility index (Phi) is 4.19. The molecule has 5 nitrogen and oxygen atoms in total. The van der Waals surface area contributed by atoms with Gasteiger partial charge >= 0.3 is 0 Å². The molecule has 0 saturated carbocycles. The maximum Gasteiger partial charge on any atom is 0.163 e. The Balaban J connectivity index is 1.94. The van der Waals surface area contributed by atoms with Gasteiger partial charge in [-0.3, -0.25) is 4.98 Å². The molecule has 0 aliphatic rings. The van der Waals surface area contributed by atoms with Crippen LogP contribution in [0.2, 0.25) is 0 Å². The summed E-state index contributed by atoms with van der Waals surface area (Å²) in [4.78, 5) is 13.0. The molecule has 0 aliphatic carbocycles. The van der Waals surface area contributed by atoms with E-state index in [1.54, 1.807) is 43.7 Å². The molecule has 4 rings (SSSR count). The topological polar surface area (TPSA) is 74.5 Å². The van der Waals surface area contributed by atoms with Crippen LogP contribution >= 0.6 is 0 Å². The highest BCUT2D eigenvalue weighted by Gasteiger charge is 2.14. The summed E-state index contributed by atoms with van der Waals surface area (Å²) in [5.74, 6) is 0.475. The van der Waals surface area contributed by atoms with Crippen LogP contribution in [0.15, 0.2) is 60.9 Å². The Morgan fingerprint density at radius 2 is 1.85 bits per heavy atom. The Hall–Kier alpha value is -3.85. The van der Waals surface area contributed by atoms with Crippen LogP contribution in [-0.4, -0.2) is 22.0 Å². The van der Waals surface area contributed by atoms with E-state index in [0.29, 0.717) is 33.7 Å². The van der Waals surface area contributed by atoms with Crippen LogP contribution in [0.1, 0.15) is 5.56 Å². The van der Waals surface area contributed by atoms with E-state index in [0.717, 1.165) is 5.56 Å². The van der Waals surface area contributed by atoms with Crippen LogP contribution in [0.3, 0.4) is 0 Å². The van der Waals surface area contributed by atoms with Crippen molar-refractivity contribution in [3.63, 3.8) is 0 Å². The number of anilines is 1. The number of hydrogen-bond donors (Lipinski definition) is 1. The van der Waals surface area contributed by atoms with Gasteiger partial charge in [-0.2, -0.15) is 5.26 Å². The lowest BCUT2D eigenvalue weighted by Gasteiger charge is -2.11. The van der Waals surface area contributed by atoms with E-state index in [1.807, 2.05) is 18.2 Å². The first-order valence-electron chi connectivity index (χ1n) is 8.29. The van der Waals surface area contributed by atoms with E-state index >= 15 is 0 Å². The van der Waals surface area contributed by atoms with E-state index in [4.69, 9.17) is 5.26 Å². The van der Waals surface area contributed by atoms with Crippen molar-refractivity contribution >= 4 is 16.7 Å². The summed E-state index contributed by atoms with van der Waals surface area (Å²) in [5.41, 5.74) is 2.87. The van der Waals surface area contributed by atoms with Crippen LogP contribution < -0.4 is 5.32 Å². The lowest BCUT2D eigenvalue weighted by atomic mass is 10.0. The fraction of sp³-hybridized carbons (Fsp3) is 0.0476. The summed E-state index contributed by atoms with van der Waals surface area (Å²) in [6, 6.07) is 16.0. The maximum atomic E-state index is 14.9. The molecule has 0 amide bonds. The zero-order valence-corrected chi connectivity index (χ0v) is 14.4. The molecule has 2 aromatic carbocycles. The molecule has 0 radical (unpaired) electrons. The third kappa shape index (κ3) is 3.07. The van der Waals surface area contributed by atoms with Crippen molar-refractivity contribution in [2.24, 2.45) is 0 Å². The molecule has 0 fully saturated rings. The third-order valence-electron chi connectivity index (χ3n) is 4.24. The molecule has 2 heterocycles. The minimum absolute atomic E-state index is 0.230. The normalized spacial score (nSPS) is 10.6. The molecule has 27 heavy (non-hydrogen) atoms. The van der Waals surface area contributed by atoms with E-state index in [-0.39, 0.29) is 5.52 Å². The van der Waals surface area contributed by atoms with Gasteiger partial charge in [0.25, 0.3) is 0 Å². The minimum atomic E-state index is -0.450. The van der Waals surface area contributed by atoms with E-state index < -0.39 is 5.82 Å². The number of nitriles is 1. The second-order valence-corrected chi connectivity index (χ2v) is 5.93. The van der Waals surface area contributed by atoms with Gasteiger partial charge in [-0.25, -0.2) is 14.4 Å². The van der Waals surface area contributed by atoms with Crippen LogP contribution in [0.5, 0.6) is 0 Å². The predicted octanol–water partition coefficient (Wildman–Crippen LogP) is 4.41. The maximum absolute atomic E-state index is 14.9.